The largest absolute Gasteiger partial charge is 0.466 e. The maximum Gasteiger partial charge on any atom is 0.261 e. The smallest absolute Gasteiger partial charge is 0.261 e. The summed E-state index contributed by atoms with van der Waals surface area (Å²) in [7, 11) is 0. The number of carbonyl (C=O) groups excluding carboxylic acids is 1. The topological polar surface area (TPSA) is 59.5 Å². The fourth-order valence-electron chi connectivity index (χ4n) is 2.12. The maximum absolute atomic E-state index is 12.5. The average molecular weight is 258 g/mol. The molecule has 0 spiro atoms. The Labute approximate surface area is 112 Å². The standard InChI is InChI=1S/C15H18N2O2/c1-4-17(13-7-5-6-12(16)9-13)15(18)14-8-10(2)19-11(14)3/h5-9H,4,16H2,1-3H3. The van der Waals surface area contributed by atoms with Gasteiger partial charge in [-0.05, 0) is 45.0 Å². The van der Waals surface area contributed by atoms with Crippen LogP contribution in [-0.4, -0.2) is 12.5 Å². The number of benzene rings is 1. The summed E-state index contributed by atoms with van der Waals surface area (Å²) in [6, 6.07) is 9.08. The van der Waals surface area contributed by atoms with E-state index in [2.05, 4.69) is 0 Å². The summed E-state index contributed by atoms with van der Waals surface area (Å²) < 4.78 is 5.42. The van der Waals surface area contributed by atoms with Crippen molar-refractivity contribution in [2.45, 2.75) is 20.8 Å². The lowest BCUT2D eigenvalue weighted by atomic mass is 10.2. The number of aryl methyl sites for hydroxylation is 2. The van der Waals surface area contributed by atoms with E-state index in [1.54, 1.807) is 30.0 Å². The monoisotopic (exact) mass is 258 g/mol. The molecule has 2 aromatic rings. The number of nitrogens with zero attached hydrogens (tertiary/aromatic N) is 1. The zero-order chi connectivity index (χ0) is 14.0. The van der Waals surface area contributed by atoms with Crippen molar-refractivity contribution in [3.8, 4) is 0 Å². The molecule has 0 aliphatic carbocycles. The molecule has 0 saturated heterocycles. The minimum atomic E-state index is -0.0672. The summed E-state index contributed by atoms with van der Waals surface area (Å²) >= 11 is 0. The predicted molar refractivity (Wildman–Crippen MR) is 76.4 cm³/mol. The van der Waals surface area contributed by atoms with Crippen molar-refractivity contribution < 1.29 is 9.21 Å². The lowest BCUT2D eigenvalue weighted by Gasteiger charge is -2.21. The van der Waals surface area contributed by atoms with Gasteiger partial charge >= 0.3 is 0 Å². The minimum Gasteiger partial charge on any atom is -0.466 e. The zero-order valence-electron chi connectivity index (χ0n) is 11.4. The number of nitrogens with two attached hydrogens (primary N) is 1. The van der Waals surface area contributed by atoms with Gasteiger partial charge in [0.2, 0.25) is 0 Å². The van der Waals surface area contributed by atoms with Gasteiger partial charge in [-0.3, -0.25) is 4.79 Å². The van der Waals surface area contributed by atoms with Crippen LogP contribution in [0.2, 0.25) is 0 Å². The van der Waals surface area contributed by atoms with Crippen LogP contribution in [0, 0.1) is 13.8 Å². The van der Waals surface area contributed by atoms with E-state index in [1.807, 2.05) is 26.0 Å². The van der Waals surface area contributed by atoms with Crippen molar-refractivity contribution >= 4 is 17.3 Å². The van der Waals surface area contributed by atoms with Crippen molar-refractivity contribution in [2.24, 2.45) is 0 Å². The summed E-state index contributed by atoms with van der Waals surface area (Å²) in [5, 5.41) is 0. The van der Waals surface area contributed by atoms with E-state index in [0.29, 0.717) is 23.6 Å². The summed E-state index contributed by atoms with van der Waals surface area (Å²) in [4.78, 5) is 14.2. The zero-order valence-corrected chi connectivity index (χ0v) is 11.4. The van der Waals surface area contributed by atoms with Crippen molar-refractivity contribution in [1.29, 1.82) is 0 Å². The molecular formula is C15H18N2O2. The summed E-state index contributed by atoms with van der Waals surface area (Å²) in [5.74, 6) is 1.32. The Morgan fingerprint density at radius 3 is 2.58 bits per heavy atom. The second-order valence-electron chi connectivity index (χ2n) is 4.47. The molecule has 0 aliphatic rings. The minimum absolute atomic E-state index is 0.0672. The molecule has 100 valence electrons. The van der Waals surface area contributed by atoms with Crippen molar-refractivity contribution in [1.82, 2.24) is 0 Å². The fourth-order valence-corrected chi connectivity index (χ4v) is 2.12. The highest BCUT2D eigenvalue weighted by atomic mass is 16.3. The molecule has 4 nitrogen and oxygen atoms in total. The third-order valence-electron chi connectivity index (χ3n) is 3.01. The van der Waals surface area contributed by atoms with Crippen LogP contribution < -0.4 is 10.6 Å². The van der Waals surface area contributed by atoms with Gasteiger partial charge in [0.25, 0.3) is 5.91 Å². The molecule has 0 unspecified atom stereocenters. The van der Waals surface area contributed by atoms with Crippen molar-refractivity contribution in [3.63, 3.8) is 0 Å². The first-order chi connectivity index (χ1) is 9.02. The Balaban J connectivity index is 2.37. The Morgan fingerprint density at radius 2 is 2.05 bits per heavy atom. The molecule has 1 aromatic carbocycles. The summed E-state index contributed by atoms with van der Waals surface area (Å²) in [6.45, 7) is 6.14. The van der Waals surface area contributed by atoms with Gasteiger partial charge in [-0.15, -0.1) is 0 Å². The van der Waals surface area contributed by atoms with Crippen molar-refractivity contribution in [2.75, 3.05) is 17.2 Å². The third-order valence-corrected chi connectivity index (χ3v) is 3.01. The van der Waals surface area contributed by atoms with Gasteiger partial charge in [0.15, 0.2) is 0 Å². The van der Waals surface area contributed by atoms with Crippen molar-refractivity contribution in [3.05, 3.63) is 47.4 Å². The normalized spacial score (nSPS) is 10.5. The van der Waals surface area contributed by atoms with Gasteiger partial charge in [-0.1, -0.05) is 6.07 Å². The third kappa shape index (κ3) is 2.62. The van der Waals surface area contributed by atoms with E-state index in [4.69, 9.17) is 10.2 Å². The number of nitrogen functional groups attached to an aromatic ring is 1. The van der Waals surface area contributed by atoms with E-state index in [-0.39, 0.29) is 5.91 Å². The van der Waals surface area contributed by atoms with E-state index >= 15 is 0 Å². The molecule has 0 radical (unpaired) electrons. The average Bonchev–Trinajstić information content (AvgIpc) is 2.69. The Kier molecular flexibility index (Phi) is 3.60. The highest BCUT2D eigenvalue weighted by molar-refractivity contribution is 6.07. The number of rotatable bonds is 3. The molecule has 1 heterocycles. The van der Waals surface area contributed by atoms with Crippen LogP contribution in [-0.2, 0) is 0 Å². The fraction of sp³-hybridized carbons (Fsp3) is 0.267. The first-order valence-corrected chi connectivity index (χ1v) is 6.27. The van der Waals surface area contributed by atoms with E-state index in [0.717, 1.165) is 11.4 Å². The Morgan fingerprint density at radius 1 is 1.32 bits per heavy atom. The number of hydrogen-bond donors (Lipinski definition) is 1. The number of furan rings is 1. The number of hydrogen-bond acceptors (Lipinski definition) is 3. The summed E-state index contributed by atoms with van der Waals surface area (Å²) in [6.07, 6.45) is 0. The quantitative estimate of drug-likeness (QED) is 0.860. The molecule has 0 aliphatic heterocycles. The molecule has 4 heteroatoms. The van der Waals surface area contributed by atoms with Gasteiger partial charge < -0.3 is 15.1 Å². The molecule has 19 heavy (non-hydrogen) atoms. The molecule has 1 amide bonds. The SMILES string of the molecule is CCN(C(=O)c1cc(C)oc1C)c1cccc(N)c1. The first kappa shape index (κ1) is 13.2. The molecule has 0 atom stereocenters. The highest BCUT2D eigenvalue weighted by Crippen LogP contribution is 2.22. The molecule has 2 N–H and O–H groups in total. The van der Waals surface area contributed by atoms with Crippen LogP contribution >= 0.6 is 0 Å². The summed E-state index contributed by atoms with van der Waals surface area (Å²) in [5.41, 5.74) is 7.81. The van der Waals surface area contributed by atoms with Crippen LogP contribution in [0.25, 0.3) is 0 Å². The van der Waals surface area contributed by atoms with E-state index in [1.165, 1.54) is 0 Å². The van der Waals surface area contributed by atoms with E-state index in [9.17, 15) is 4.79 Å². The first-order valence-electron chi connectivity index (χ1n) is 6.27. The van der Waals surface area contributed by atoms with Crippen LogP contribution in [0.4, 0.5) is 11.4 Å². The predicted octanol–water partition coefficient (Wildman–Crippen LogP) is 3.15. The van der Waals surface area contributed by atoms with Crippen LogP contribution in [0.3, 0.4) is 0 Å². The van der Waals surface area contributed by atoms with Gasteiger partial charge in [-0.2, -0.15) is 0 Å². The second-order valence-corrected chi connectivity index (χ2v) is 4.47. The maximum atomic E-state index is 12.5. The van der Waals surface area contributed by atoms with Gasteiger partial charge in [0, 0.05) is 17.9 Å². The van der Waals surface area contributed by atoms with E-state index < -0.39 is 0 Å². The van der Waals surface area contributed by atoms with Gasteiger partial charge in [0.05, 0.1) is 5.56 Å². The highest BCUT2D eigenvalue weighted by Gasteiger charge is 2.20. The van der Waals surface area contributed by atoms with Crippen LogP contribution in [0.15, 0.2) is 34.7 Å². The molecular weight excluding hydrogens is 240 g/mol. The van der Waals surface area contributed by atoms with Gasteiger partial charge in [-0.25, -0.2) is 0 Å². The number of anilines is 2. The van der Waals surface area contributed by atoms with Crippen LogP contribution in [0.1, 0.15) is 28.8 Å². The Bertz CT molecular complexity index is 602. The number of amides is 1. The molecule has 1 aromatic heterocycles. The van der Waals surface area contributed by atoms with Gasteiger partial charge in [0.1, 0.15) is 11.5 Å². The molecule has 0 fully saturated rings. The number of carbonyl (C=O) groups is 1. The second kappa shape index (κ2) is 5.18. The lowest BCUT2D eigenvalue weighted by molar-refractivity contribution is 0.0987. The molecule has 0 bridgehead atoms. The molecule has 0 saturated carbocycles. The molecule has 2 rings (SSSR count). The lowest BCUT2D eigenvalue weighted by Crippen LogP contribution is -2.30. The Hall–Kier alpha value is -2.23. The van der Waals surface area contributed by atoms with Crippen LogP contribution in [0.5, 0.6) is 0 Å².